The fourth-order valence-corrected chi connectivity index (χ4v) is 3.51. The van der Waals surface area contributed by atoms with Crippen molar-refractivity contribution >= 4 is 11.8 Å². The molecule has 0 amide bonds. The highest BCUT2D eigenvalue weighted by atomic mass is 32.2. The molecule has 0 saturated heterocycles. The van der Waals surface area contributed by atoms with Crippen LogP contribution < -0.4 is 5.32 Å². The molecule has 0 saturated carbocycles. The molecule has 0 aliphatic carbocycles. The largest absolute Gasteiger partial charge is 0.468 e. The fraction of sp³-hybridized carbons (Fsp3) is 0.444. The van der Waals surface area contributed by atoms with E-state index in [4.69, 9.17) is 4.42 Å². The van der Waals surface area contributed by atoms with Gasteiger partial charge in [-0.3, -0.25) is 0 Å². The van der Waals surface area contributed by atoms with Crippen molar-refractivity contribution in [3.05, 3.63) is 53.5 Å². The molecule has 3 heteroatoms. The van der Waals surface area contributed by atoms with Crippen LogP contribution in [0.15, 0.2) is 45.9 Å². The van der Waals surface area contributed by atoms with Crippen LogP contribution >= 0.6 is 11.8 Å². The predicted molar refractivity (Wildman–Crippen MR) is 91.0 cm³/mol. The summed E-state index contributed by atoms with van der Waals surface area (Å²) >= 11 is 1.84. The minimum Gasteiger partial charge on any atom is -0.468 e. The Morgan fingerprint density at radius 1 is 1.14 bits per heavy atom. The van der Waals surface area contributed by atoms with Crippen LogP contribution in [0.2, 0.25) is 0 Å². The number of hydrogen-bond donors (Lipinski definition) is 1. The summed E-state index contributed by atoms with van der Waals surface area (Å²) in [5, 5.41) is 3.41. The number of nitrogens with one attached hydrogen (secondary N) is 1. The summed E-state index contributed by atoms with van der Waals surface area (Å²) in [6.45, 7) is 6.53. The molecule has 0 fully saturated rings. The van der Waals surface area contributed by atoms with Crippen molar-refractivity contribution in [2.45, 2.75) is 38.1 Å². The summed E-state index contributed by atoms with van der Waals surface area (Å²) in [5.41, 5.74) is 2.76. The Morgan fingerprint density at radius 3 is 2.38 bits per heavy atom. The first kappa shape index (κ1) is 16.2. The van der Waals surface area contributed by atoms with E-state index >= 15 is 0 Å². The smallest absolute Gasteiger partial charge is 0.114 e. The van der Waals surface area contributed by atoms with Crippen LogP contribution in [0, 0.1) is 12.8 Å². The van der Waals surface area contributed by atoms with Gasteiger partial charge >= 0.3 is 0 Å². The molecule has 1 aromatic carbocycles. The molecule has 0 radical (unpaired) electrons. The second-order valence-corrected chi connectivity index (χ2v) is 6.89. The molecule has 1 atom stereocenters. The first-order valence-corrected chi connectivity index (χ1v) is 8.51. The van der Waals surface area contributed by atoms with Gasteiger partial charge in [-0.25, -0.2) is 0 Å². The van der Waals surface area contributed by atoms with Crippen molar-refractivity contribution in [1.82, 2.24) is 5.32 Å². The van der Waals surface area contributed by atoms with E-state index in [2.05, 4.69) is 43.4 Å². The number of furan rings is 1. The Hall–Kier alpha value is -1.19. The maximum atomic E-state index is 5.35. The van der Waals surface area contributed by atoms with Crippen molar-refractivity contribution in [3.63, 3.8) is 0 Å². The van der Waals surface area contributed by atoms with Gasteiger partial charge in [-0.2, -0.15) is 0 Å². The van der Waals surface area contributed by atoms with E-state index in [9.17, 15) is 0 Å². The molecule has 21 heavy (non-hydrogen) atoms. The van der Waals surface area contributed by atoms with Crippen molar-refractivity contribution in [2.24, 2.45) is 5.92 Å². The summed E-state index contributed by atoms with van der Waals surface area (Å²) in [7, 11) is 2.02. The molecular formula is C18H25NOS. The highest BCUT2D eigenvalue weighted by Gasteiger charge is 2.11. The molecule has 0 aliphatic rings. The van der Waals surface area contributed by atoms with Crippen LogP contribution in [0.4, 0.5) is 0 Å². The topological polar surface area (TPSA) is 25.2 Å². The van der Waals surface area contributed by atoms with Crippen molar-refractivity contribution in [2.75, 3.05) is 12.8 Å². The van der Waals surface area contributed by atoms with Gasteiger partial charge in [0, 0.05) is 16.7 Å². The highest BCUT2D eigenvalue weighted by Crippen LogP contribution is 2.28. The van der Waals surface area contributed by atoms with Gasteiger partial charge in [0.25, 0.3) is 0 Å². The zero-order valence-electron chi connectivity index (χ0n) is 13.3. The first-order valence-electron chi connectivity index (χ1n) is 7.53. The van der Waals surface area contributed by atoms with E-state index in [-0.39, 0.29) is 0 Å². The van der Waals surface area contributed by atoms with E-state index in [0.29, 0.717) is 12.0 Å². The van der Waals surface area contributed by atoms with E-state index in [0.717, 1.165) is 17.9 Å². The zero-order chi connectivity index (χ0) is 15.2. The maximum Gasteiger partial charge on any atom is 0.114 e. The Bertz CT molecular complexity index is 545. The van der Waals surface area contributed by atoms with E-state index < -0.39 is 0 Å². The SMILES string of the molecule is CNC(CSc1ccoc1C)c1ccc(CC(C)C)cc1. The monoisotopic (exact) mass is 303 g/mol. The molecule has 114 valence electrons. The molecule has 0 aliphatic heterocycles. The molecule has 1 aromatic heterocycles. The first-order chi connectivity index (χ1) is 10.1. The van der Waals surface area contributed by atoms with Gasteiger partial charge < -0.3 is 9.73 Å². The Kier molecular flexibility index (Phi) is 5.95. The number of thioether (sulfide) groups is 1. The minimum atomic E-state index is 0.359. The van der Waals surface area contributed by atoms with Crippen LogP contribution in [0.1, 0.15) is 36.8 Å². The fourth-order valence-electron chi connectivity index (χ4n) is 2.40. The third-order valence-corrected chi connectivity index (χ3v) is 4.83. The molecule has 0 bridgehead atoms. The van der Waals surface area contributed by atoms with Gasteiger partial charge in [0.15, 0.2) is 0 Å². The second-order valence-electron chi connectivity index (χ2n) is 5.83. The summed E-state index contributed by atoms with van der Waals surface area (Å²) in [6.07, 6.45) is 2.90. The molecule has 1 unspecified atom stereocenters. The maximum absolute atomic E-state index is 5.35. The summed E-state index contributed by atoms with van der Waals surface area (Å²) < 4.78 is 5.35. The molecule has 2 aromatic rings. The average Bonchev–Trinajstić information content (AvgIpc) is 2.86. The van der Waals surface area contributed by atoms with Gasteiger partial charge in [0.05, 0.1) is 6.26 Å². The lowest BCUT2D eigenvalue weighted by Gasteiger charge is -2.17. The Balaban J connectivity index is 1.98. The predicted octanol–water partition coefficient (Wildman–Crippen LogP) is 4.84. The Morgan fingerprint density at radius 2 is 1.86 bits per heavy atom. The lowest BCUT2D eigenvalue weighted by Crippen LogP contribution is -2.18. The van der Waals surface area contributed by atoms with Crippen LogP contribution in [-0.2, 0) is 6.42 Å². The third kappa shape index (κ3) is 4.65. The summed E-state index contributed by atoms with van der Waals surface area (Å²) in [4.78, 5) is 1.23. The quantitative estimate of drug-likeness (QED) is 0.741. The minimum absolute atomic E-state index is 0.359. The van der Waals surface area contributed by atoms with Crippen molar-refractivity contribution in [3.8, 4) is 0 Å². The van der Waals surface area contributed by atoms with E-state index in [1.807, 2.05) is 31.8 Å². The van der Waals surface area contributed by atoms with Crippen LogP contribution in [0.5, 0.6) is 0 Å². The Labute approximate surface area is 132 Å². The van der Waals surface area contributed by atoms with Gasteiger partial charge in [0.2, 0.25) is 0 Å². The average molecular weight is 303 g/mol. The number of rotatable bonds is 7. The third-order valence-electron chi connectivity index (χ3n) is 3.59. The van der Waals surface area contributed by atoms with Crippen LogP contribution in [-0.4, -0.2) is 12.8 Å². The lowest BCUT2D eigenvalue weighted by atomic mass is 10.00. The van der Waals surface area contributed by atoms with Crippen molar-refractivity contribution in [1.29, 1.82) is 0 Å². The summed E-state index contributed by atoms with van der Waals surface area (Å²) in [6, 6.07) is 11.4. The van der Waals surface area contributed by atoms with E-state index in [1.165, 1.54) is 16.0 Å². The molecule has 2 rings (SSSR count). The number of hydrogen-bond acceptors (Lipinski definition) is 3. The van der Waals surface area contributed by atoms with Gasteiger partial charge in [-0.05, 0) is 43.5 Å². The molecular weight excluding hydrogens is 278 g/mol. The lowest BCUT2D eigenvalue weighted by molar-refractivity contribution is 0.526. The van der Waals surface area contributed by atoms with Crippen LogP contribution in [0.25, 0.3) is 0 Å². The van der Waals surface area contributed by atoms with Gasteiger partial charge in [-0.1, -0.05) is 38.1 Å². The normalized spacial score (nSPS) is 12.8. The number of aryl methyl sites for hydroxylation is 1. The molecule has 1 N–H and O–H groups in total. The number of benzene rings is 1. The van der Waals surface area contributed by atoms with Gasteiger partial charge in [0.1, 0.15) is 5.76 Å². The molecule has 0 spiro atoms. The zero-order valence-corrected chi connectivity index (χ0v) is 14.2. The van der Waals surface area contributed by atoms with E-state index in [1.54, 1.807) is 6.26 Å². The second kappa shape index (κ2) is 7.71. The van der Waals surface area contributed by atoms with Crippen molar-refractivity contribution < 1.29 is 4.42 Å². The standard InChI is InChI=1S/C18H25NOS/c1-13(2)11-15-5-7-16(8-6-15)17(19-4)12-21-18-9-10-20-14(18)3/h5-10,13,17,19H,11-12H2,1-4H3. The molecule has 2 nitrogen and oxygen atoms in total. The molecule has 1 heterocycles. The highest BCUT2D eigenvalue weighted by molar-refractivity contribution is 7.99. The van der Waals surface area contributed by atoms with Crippen LogP contribution in [0.3, 0.4) is 0 Å². The summed E-state index contributed by atoms with van der Waals surface area (Å²) in [5.74, 6) is 2.71. The van der Waals surface area contributed by atoms with Gasteiger partial charge in [-0.15, -0.1) is 11.8 Å².